The Kier molecular flexibility index (Phi) is 8.56. The number of hydrogen-bond donors (Lipinski definition) is 0. The summed E-state index contributed by atoms with van der Waals surface area (Å²) in [7, 11) is 3.24. The highest BCUT2D eigenvalue weighted by molar-refractivity contribution is 7.09. The lowest BCUT2D eigenvalue weighted by molar-refractivity contribution is -0.142. The van der Waals surface area contributed by atoms with Gasteiger partial charge in [-0.15, -0.1) is 11.3 Å². The fraction of sp³-hybridized carbons (Fsp3) is 0.520. The second-order valence-corrected chi connectivity index (χ2v) is 9.75. The van der Waals surface area contributed by atoms with Crippen LogP contribution in [0.5, 0.6) is 11.5 Å². The van der Waals surface area contributed by atoms with Gasteiger partial charge in [0.2, 0.25) is 11.8 Å². The highest BCUT2D eigenvalue weighted by atomic mass is 32.1. The molecule has 0 saturated heterocycles. The van der Waals surface area contributed by atoms with Crippen molar-refractivity contribution in [2.75, 3.05) is 33.9 Å². The van der Waals surface area contributed by atoms with Crippen molar-refractivity contribution in [3.63, 3.8) is 0 Å². The first kappa shape index (κ1) is 24.1. The van der Waals surface area contributed by atoms with Crippen molar-refractivity contribution in [1.29, 1.82) is 0 Å². The van der Waals surface area contributed by atoms with Crippen LogP contribution in [0.4, 0.5) is 0 Å². The Morgan fingerprint density at radius 3 is 2.44 bits per heavy atom. The number of carbonyl (C=O) groups is 2. The third-order valence-electron chi connectivity index (χ3n) is 5.55. The molecule has 32 heavy (non-hydrogen) atoms. The van der Waals surface area contributed by atoms with Gasteiger partial charge in [0.1, 0.15) is 0 Å². The molecule has 0 atom stereocenters. The van der Waals surface area contributed by atoms with Crippen molar-refractivity contribution in [3.8, 4) is 11.5 Å². The van der Waals surface area contributed by atoms with Gasteiger partial charge in [-0.2, -0.15) is 0 Å². The molecule has 1 aromatic carbocycles. The molecule has 7 heteroatoms. The summed E-state index contributed by atoms with van der Waals surface area (Å²) < 4.78 is 10.7. The molecular weight excluding hydrogens is 424 g/mol. The first-order valence-electron chi connectivity index (χ1n) is 11.2. The van der Waals surface area contributed by atoms with Crippen LogP contribution in [0.2, 0.25) is 0 Å². The van der Waals surface area contributed by atoms with Crippen LogP contribution in [0.15, 0.2) is 35.7 Å². The second kappa shape index (κ2) is 11.4. The molecule has 1 aliphatic carbocycles. The third kappa shape index (κ3) is 6.73. The number of thiophene rings is 1. The van der Waals surface area contributed by atoms with E-state index < -0.39 is 0 Å². The van der Waals surface area contributed by atoms with Gasteiger partial charge in [-0.3, -0.25) is 9.59 Å². The number of nitrogens with zero attached hydrogens (tertiary/aromatic N) is 2. The van der Waals surface area contributed by atoms with Gasteiger partial charge in [-0.25, -0.2) is 0 Å². The lowest BCUT2D eigenvalue weighted by atomic mass is 10.1. The Morgan fingerprint density at radius 2 is 1.84 bits per heavy atom. The van der Waals surface area contributed by atoms with Crippen LogP contribution in [-0.4, -0.2) is 55.5 Å². The Hall–Kier alpha value is -2.54. The van der Waals surface area contributed by atoms with Crippen molar-refractivity contribution in [2.24, 2.45) is 11.8 Å². The first-order chi connectivity index (χ1) is 15.4. The third-order valence-corrected chi connectivity index (χ3v) is 6.41. The van der Waals surface area contributed by atoms with Crippen molar-refractivity contribution >= 4 is 23.2 Å². The number of amides is 2. The van der Waals surface area contributed by atoms with E-state index in [4.69, 9.17) is 9.47 Å². The van der Waals surface area contributed by atoms with E-state index in [1.54, 1.807) is 30.5 Å². The molecule has 2 aromatic rings. The second-order valence-electron chi connectivity index (χ2n) is 8.72. The first-order valence-corrected chi connectivity index (χ1v) is 12.1. The Balaban J connectivity index is 1.71. The van der Waals surface area contributed by atoms with E-state index >= 15 is 0 Å². The number of ether oxygens (including phenoxy) is 2. The van der Waals surface area contributed by atoms with Crippen LogP contribution < -0.4 is 9.47 Å². The van der Waals surface area contributed by atoms with Gasteiger partial charge in [0.25, 0.3) is 0 Å². The summed E-state index contributed by atoms with van der Waals surface area (Å²) in [6, 6.07) is 9.88. The van der Waals surface area contributed by atoms with E-state index in [0.717, 1.165) is 23.3 Å². The number of benzene rings is 1. The predicted molar refractivity (Wildman–Crippen MR) is 127 cm³/mol. The van der Waals surface area contributed by atoms with Crippen LogP contribution in [0.1, 0.15) is 37.1 Å². The van der Waals surface area contributed by atoms with Gasteiger partial charge in [0.15, 0.2) is 11.5 Å². The zero-order valence-corrected chi connectivity index (χ0v) is 20.3. The fourth-order valence-electron chi connectivity index (χ4n) is 3.71. The topological polar surface area (TPSA) is 59.1 Å². The maximum Gasteiger partial charge on any atom is 0.242 e. The normalized spacial score (nSPS) is 13.2. The summed E-state index contributed by atoms with van der Waals surface area (Å²) in [6.07, 6.45) is 2.58. The molecule has 0 spiro atoms. The molecule has 1 saturated carbocycles. The summed E-state index contributed by atoms with van der Waals surface area (Å²) >= 11 is 1.64. The number of carbonyl (C=O) groups excluding carboxylic acids is 2. The van der Waals surface area contributed by atoms with Crippen LogP contribution in [-0.2, 0) is 22.6 Å². The van der Waals surface area contributed by atoms with Gasteiger partial charge in [-0.1, -0.05) is 26.0 Å². The zero-order valence-electron chi connectivity index (χ0n) is 19.5. The molecule has 3 rings (SSSR count). The smallest absolute Gasteiger partial charge is 0.242 e. The van der Waals surface area contributed by atoms with Gasteiger partial charge >= 0.3 is 0 Å². The standard InChI is InChI=1S/C25H34N2O4S/c1-18(2)15-27(25(29)20-8-9-20)17-24(28)26(16-21-6-5-13-32-21)12-11-19-7-10-22(30-3)23(14-19)31-4/h5-7,10,13-14,18,20H,8-9,11-12,15-17H2,1-4H3. The van der Waals surface area contributed by atoms with Gasteiger partial charge in [-0.05, 0) is 54.3 Å². The molecular formula is C25H34N2O4S. The molecule has 0 bridgehead atoms. The molecule has 2 amide bonds. The molecule has 0 aliphatic heterocycles. The molecule has 174 valence electrons. The van der Waals surface area contributed by atoms with Gasteiger partial charge in [0.05, 0.1) is 27.3 Å². The zero-order chi connectivity index (χ0) is 23.1. The Morgan fingerprint density at radius 1 is 1.09 bits per heavy atom. The number of hydrogen-bond acceptors (Lipinski definition) is 5. The fourth-order valence-corrected chi connectivity index (χ4v) is 4.43. The predicted octanol–water partition coefficient (Wildman–Crippen LogP) is 4.23. The largest absolute Gasteiger partial charge is 0.493 e. The van der Waals surface area contributed by atoms with Gasteiger partial charge in [0, 0.05) is 23.9 Å². The van der Waals surface area contributed by atoms with E-state index in [0.29, 0.717) is 43.5 Å². The molecule has 0 radical (unpaired) electrons. The summed E-state index contributed by atoms with van der Waals surface area (Å²) in [5.41, 5.74) is 1.07. The van der Waals surface area contributed by atoms with Crippen LogP contribution in [0, 0.1) is 11.8 Å². The average molecular weight is 459 g/mol. The van der Waals surface area contributed by atoms with E-state index in [1.807, 2.05) is 40.6 Å². The van der Waals surface area contributed by atoms with E-state index in [1.165, 1.54) is 0 Å². The van der Waals surface area contributed by atoms with Crippen molar-refractivity contribution in [3.05, 3.63) is 46.2 Å². The lowest BCUT2D eigenvalue weighted by Gasteiger charge is -2.29. The van der Waals surface area contributed by atoms with Gasteiger partial charge < -0.3 is 19.3 Å². The molecule has 1 heterocycles. The highest BCUT2D eigenvalue weighted by Crippen LogP contribution is 2.31. The monoisotopic (exact) mass is 458 g/mol. The quantitative estimate of drug-likeness (QED) is 0.478. The van der Waals surface area contributed by atoms with Crippen molar-refractivity contribution in [2.45, 2.75) is 39.7 Å². The molecule has 1 aromatic heterocycles. The SMILES string of the molecule is COc1ccc(CCN(Cc2cccs2)C(=O)CN(CC(C)C)C(=O)C2CC2)cc1OC. The van der Waals surface area contributed by atoms with Crippen molar-refractivity contribution in [1.82, 2.24) is 9.80 Å². The molecule has 1 aliphatic rings. The minimum atomic E-state index is -0.00599. The molecule has 0 unspecified atom stereocenters. The van der Waals surface area contributed by atoms with Crippen LogP contribution >= 0.6 is 11.3 Å². The van der Waals surface area contributed by atoms with E-state index in [-0.39, 0.29) is 24.3 Å². The van der Waals surface area contributed by atoms with Crippen molar-refractivity contribution < 1.29 is 19.1 Å². The maximum absolute atomic E-state index is 13.3. The summed E-state index contributed by atoms with van der Waals surface area (Å²) in [5.74, 6) is 1.92. The number of rotatable bonds is 12. The Bertz CT molecular complexity index is 893. The minimum absolute atomic E-state index is 0.00599. The van der Waals surface area contributed by atoms with Crippen LogP contribution in [0.3, 0.4) is 0 Å². The maximum atomic E-state index is 13.3. The number of methoxy groups -OCH3 is 2. The highest BCUT2D eigenvalue weighted by Gasteiger charge is 2.34. The van der Waals surface area contributed by atoms with Crippen LogP contribution in [0.25, 0.3) is 0 Å². The van der Waals surface area contributed by atoms with E-state index in [9.17, 15) is 9.59 Å². The molecule has 1 fully saturated rings. The molecule has 0 N–H and O–H groups in total. The summed E-state index contributed by atoms with van der Waals surface area (Å²) in [6.45, 7) is 6.04. The lowest BCUT2D eigenvalue weighted by Crippen LogP contribution is -2.45. The molecule has 6 nitrogen and oxygen atoms in total. The summed E-state index contributed by atoms with van der Waals surface area (Å²) in [5, 5.41) is 2.02. The van der Waals surface area contributed by atoms with E-state index in [2.05, 4.69) is 13.8 Å². The minimum Gasteiger partial charge on any atom is -0.493 e. The Labute approximate surface area is 195 Å². The average Bonchev–Trinajstić information content (AvgIpc) is 3.51. The summed E-state index contributed by atoms with van der Waals surface area (Å²) in [4.78, 5) is 30.9.